The van der Waals surface area contributed by atoms with Crippen LogP contribution in [0.1, 0.15) is 5.56 Å². The summed E-state index contributed by atoms with van der Waals surface area (Å²) in [5, 5.41) is 4.12. The first-order chi connectivity index (χ1) is 7.27. The Morgan fingerprint density at radius 2 is 2.13 bits per heavy atom. The van der Waals surface area contributed by atoms with E-state index in [1.54, 1.807) is 13.3 Å². The zero-order chi connectivity index (χ0) is 11.1. The smallest absolute Gasteiger partial charge is 0.277 e. The molecule has 1 rings (SSSR count). The second kappa shape index (κ2) is 5.98. The summed E-state index contributed by atoms with van der Waals surface area (Å²) in [5.74, 6) is 0.756. The van der Waals surface area contributed by atoms with Gasteiger partial charge in [0, 0.05) is 5.56 Å². The molecule has 0 spiro atoms. The van der Waals surface area contributed by atoms with E-state index in [1.807, 2.05) is 24.3 Å². The van der Waals surface area contributed by atoms with E-state index in [-0.39, 0.29) is 5.17 Å². The average molecular weight is 224 g/mol. The van der Waals surface area contributed by atoms with E-state index >= 15 is 0 Å². The summed E-state index contributed by atoms with van der Waals surface area (Å²) in [4.78, 5) is 0. The lowest BCUT2D eigenvalue weighted by molar-refractivity contribution is 0.394. The first-order valence-electron chi connectivity index (χ1n) is 4.28. The third-order valence-electron chi connectivity index (χ3n) is 1.68. The van der Waals surface area contributed by atoms with Crippen molar-refractivity contribution >= 4 is 23.6 Å². The van der Waals surface area contributed by atoms with E-state index in [4.69, 9.17) is 21.7 Å². The van der Waals surface area contributed by atoms with E-state index < -0.39 is 0 Å². The summed E-state index contributed by atoms with van der Waals surface area (Å²) in [6.45, 7) is 0. The standard InChI is InChI=1S/C10H12N2O2S/c1-13-9-6-4-3-5-8(9)7-11-12-10(15)14-2/h3-7H,1-2H3,(H,12,15). The summed E-state index contributed by atoms with van der Waals surface area (Å²) in [6.07, 6.45) is 1.62. The zero-order valence-corrected chi connectivity index (χ0v) is 9.38. The topological polar surface area (TPSA) is 42.8 Å². The third kappa shape index (κ3) is 3.55. The van der Waals surface area contributed by atoms with Crippen LogP contribution in [0.4, 0.5) is 0 Å². The van der Waals surface area contributed by atoms with Gasteiger partial charge >= 0.3 is 0 Å². The molecule has 0 fully saturated rings. The molecule has 80 valence electrons. The molecule has 0 heterocycles. The monoisotopic (exact) mass is 224 g/mol. The van der Waals surface area contributed by atoms with Gasteiger partial charge in [-0.1, -0.05) is 12.1 Å². The molecule has 0 aromatic heterocycles. The summed E-state index contributed by atoms with van der Waals surface area (Å²) in [5.41, 5.74) is 3.42. The van der Waals surface area contributed by atoms with Crippen LogP contribution in [0.3, 0.4) is 0 Å². The predicted molar refractivity (Wildman–Crippen MR) is 63.3 cm³/mol. The van der Waals surface area contributed by atoms with Crippen molar-refractivity contribution in [1.82, 2.24) is 5.43 Å². The molecule has 1 aromatic rings. The number of hydrogen-bond donors (Lipinski definition) is 1. The molecule has 0 unspecified atom stereocenters. The molecule has 4 nitrogen and oxygen atoms in total. The summed E-state index contributed by atoms with van der Waals surface area (Å²) in [6, 6.07) is 7.54. The van der Waals surface area contributed by atoms with E-state index in [0.29, 0.717) is 0 Å². The minimum Gasteiger partial charge on any atom is -0.496 e. The SMILES string of the molecule is COC(=S)NN=Cc1ccccc1OC. The number of ether oxygens (including phenoxy) is 2. The van der Waals surface area contributed by atoms with Crippen molar-refractivity contribution in [3.63, 3.8) is 0 Å². The maximum Gasteiger partial charge on any atom is 0.277 e. The summed E-state index contributed by atoms with van der Waals surface area (Å²) in [7, 11) is 3.09. The van der Waals surface area contributed by atoms with Crippen LogP contribution in [0, 0.1) is 0 Å². The highest BCUT2D eigenvalue weighted by atomic mass is 32.1. The largest absolute Gasteiger partial charge is 0.496 e. The molecule has 0 saturated carbocycles. The van der Waals surface area contributed by atoms with Crippen LogP contribution < -0.4 is 10.2 Å². The fourth-order valence-corrected chi connectivity index (χ4v) is 1.03. The van der Waals surface area contributed by atoms with Crippen molar-refractivity contribution in [3.8, 4) is 5.75 Å². The fraction of sp³-hybridized carbons (Fsp3) is 0.200. The Bertz CT molecular complexity index is 366. The first-order valence-corrected chi connectivity index (χ1v) is 4.68. The van der Waals surface area contributed by atoms with Crippen LogP contribution in [0.2, 0.25) is 0 Å². The molecular weight excluding hydrogens is 212 g/mol. The Labute approximate surface area is 93.9 Å². The lowest BCUT2D eigenvalue weighted by atomic mass is 10.2. The lowest BCUT2D eigenvalue weighted by Crippen LogP contribution is -2.16. The molecule has 0 saturated heterocycles. The molecule has 0 bridgehead atoms. The van der Waals surface area contributed by atoms with Crippen LogP contribution in [-0.4, -0.2) is 25.6 Å². The third-order valence-corrected chi connectivity index (χ3v) is 1.94. The molecule has 1 N–H and O–H groups in total. The van der Waals surface area contributed by atoms with Gasteiger partial charge in [-0.2, -0.15) is 5.10 Å². The number of thiocarbonyl (C=S) groups is 1. The van der Waals surface area contributed by atoms with Gasteiger partial charge in [0.15, 0.2) is 0 Å². The predicted octanol–water partition coefficient (Wildman–Crippen LogP) is 1.55. The van der Waals surface area contributed by atoms with Crippen LogP contribution in [0.15, 0.2) is 29.4 Å². The van der Waals surface area contributed by atoms with Crippen molar-refractivity contribution in [3.05, 3.63) is 29.8 Å². The number of nitrogens with one attached hydrogen (secondary N) is 1. The Hall–Kier alpha value is -1.62. The number of para-hydroxylation sites is 1. The van der Waals surface area contributed by atoms with Gasteiger partial charge in [-0.05, 0) is 24.4 Å². The second-order valence-electron chi connectivity index (χ2n) is 2.60. The van der Waals surface area contributed by atoms with Gasteiger partial charge in [0.2, 0.25) is 0 Å². The number of rotatable bonds is 3. The maximum absolute atomic E-state index is 5.15. The molecular formula is C10H12N2O2S. The van der Waals surface area contributed by atoms with Gasteiger partial charge in [-0.25, -0.2) is 5.43 Å². The van der Waals surface area contributed by atoms with E-state index in [2.05, 4.69) is 10.5 Å². The summed E-state index contributed by atoms with van der Waals surface area (Å²) >= 11 is 4.75. The Kier molecular flexibility index (Phi) is 4.56. The van der Waals surface area contributed by atoms with Crippen LogP contribution in [-0.2, 0) is 4.74 Å². The fourth-order valence-electron chi connectivity index (χ4n) is 0.973. The number of hydrazone groups is 1. The average Bonchev–Trinajstić information content (AvgIpc) is 2.29. The normalized spacial score (nSPS) is 10.0. The van der Waals surface area contributed by atoms with Crippen molar-refractivity contribution in [2.75, 3.05) is 14.2 Å². The van der Waals surface area contributed by atoms with Gasteiger partial charge in [0.1, 0.15) is 5.75 Å². The van der Waals surface area contributed by atoms with Gasteiger partial charge in [0.25, 0.3) is 5.17 Å². The lowest BCUT2D eigenvalue weighted by Gasteiger charge is -2.03. The molecule has 15 heavy (non-hydrogen) atoms. The van der Waals surface area contributed by atoms with Crippen molar-refractivity contribution in [1.29, 1.82) is 0 Å². The second-order valence-corrected chi connectivity index (χ2v) is 2.97. The molecule has 5 heteroatoms. The van der Waals surface area contributed by atoms with E-state index in [9.17, 15) is 0 Å². The molecule has 0 aliphatic heterocycles. The Morgan fingerprint density at radius 1 is 1.40 bits per heavy atom. The number of hydrogen-bond acceptors (Lipinski definition) is 4. The van der Waals surface area contributed by atoms with Gasteiger partial charge < -0.3 is 9.47 Å². The molecule has 0 atom stereocenters. The number of nitrogens with zero attached hydrogens (tertiary/aromatic N) is 1. The number of benzene rings is 1. The van der Waals surface area contributed by atoms with Crippen molar-refractivity contribution in [2.24, 2.45) is 5.10 Å². The van der Waals surface area contributed by atoms with Crippen LogP contribution in [0.25, 0.3) is 0 Å². The summed E-state index contributed by atoms with van der Waals surface area (Å²) < 4.78 is 9.87. The minimum absolute atomic E-state index is 0.223. The molecule has 0 amide bonds. The van der Waals surface area contributed by atoms with Crippen LogP contribution >= 0.6 is 12.2 Å². The Morgan fingerprint density at radius 3 is 2.80 bits per heavy atom. The molecule has 1 aromatic carbocycles. The van der Waals surface area contributed by atoms with Crippen molar-refractivity contribution in [2.45, 2.75) is 0 Å². The van der Waals surface area contributed by atoms with Gasteiger partial charge in [0.05, 0.1) is 20.4 Å². The van der Waals surface area contributed by atoms with Crippen molar-refractivity contribution < 1.29 is 9.47 Å². The molecule has 0 aliphatic carbocycles. The zero-order valence-electron chi connectivity index (χ0n) is 8.56. The number of methoxy groups -OCH3 is 2. The highest BCUT2D eigenvalue weighted by Crippen LogP contribution is 2.14. The molecule has 0 radical (unpaired) electrons. The highest BCUT2D eigenvalue weighted by molar-refractivity contribution is 7.80. The molecule has 0 aliphatic rings. The van der Waals surface area contributed by atoms with Gasteiger partial charge in [-0.15, -0.1) is 0 Å². The van der Waals surface area contributed by atoms with E-state index in [0.717, 1.165) is 11.3 Å². The maximum atomic E-state index is 5.15. The van der Waals surface area contributed by atoms with Crippen LogP contribution in [0.5, 0.6) is 5.75 Å². The first kappa shape index (κ1) is 11.5. The van der Waals surface area contributed by atoms with Gasteiger partial charge in [-0.3, -0.25) is 0 Å². The van der Waals surface area contributed by atoms with E-state index in [1.165, 1.54) is 7.11 Å². The Balaban J connectivity index is 2.67. The quantitative estimate of drug-likeness (QED) is 0.480. The minimum atomic E-state index is 0.223. The highest BCUT2D eigenvalue weighted by Gasteiger charge is 1.97.